The van der Waals surface area contributed by atoms with Crippen molar-refractivity contribution in [3.63, 3.8) is 0 Å². The van der Waals surface area contributed by atoms with E-state index in [1.807, 2.05) is 18.5 Å². The molecule has 14 heavy (non-hydrogen) atoms. The van der Waals surface area contributed by atoms with Crippen molar-refractivity contribution in [3.8, 4) is 0 Å². The minimum Gasteiger partial charge on any atom is -0.385 e. The second-order valence-corrected chi connectivity index (χ2v) is 3.87. The summed E-state index contributed by atoms with van der Waals surface area (Å²) in [6, 6.07) is 0. The number of nitrogens with one attached hydrogen (secondary N) is 1. The van der Waals surface area contributed by atoms with E-state index in [1.54, 1.807) is 0 Å². The van der Waals surface area contributed by atoms with Gasteiger partial charge in [0.25, 0.3) is 0 Å². The molecule has 78 valence electrons. The normalized spacial score (nSPS) is 26.5. The number of rotatable bonds is 1. The fraction of sp³-hybridized carbons (Fsp3) is 0.500. The highest BCUT2D eigenvalue weighted by molar-refractivity contribution is 5.12. The number of hydrogen-bond donors (Lipinski definition) is 1. The topological polar surface area (TPSA) is 15.3 Å². The van der Waals surface area contributed by atoms with Crippen molar-refractivity contribution in [2.24, 2.45) is 5.92 Å². The van der Waals surface area contributed by atoms with Crippen LogP contribution < -0.4 is 5.32 Å². The Morgan fingerprint density at radius 3 is 3.07 bits per heavy atom. The molecule has 1 unspecified atom stereocenters. The summed E-state index contributed by atoms with van der Waals surface area (Å²) in [6.45, 7) is 12.1. The van der Waals surface area contributed by atoms with Crippen LogP contribution in [0, 0.1) is 5.92 Å². The fourth-order valence-electron chi connectivity index (χ4n) is 1.46. The van der Waals surface area contributed by atoms with E-state index in [2.05, 4.69) is 30.3 Å². The third-order valence-corrected chi connectivity index (χ3v) is 2.57. The summed E-state index contributed by atoms with van der Waals surface area (Å²) in [7, 11) is 0. The van der Waals surface area contributed by atoms with Crippen LogP contribution in [0.2, 0.25) is 0 Å². The maximum atomic E-state index is 3.92. The predicted molar refractivity (Wildman–Crippen MR) is 61.6 cm³/mol. The zero-order chi connectivity index (χ0) is 10.4. The summed E-state index contributed by atoms with van der Waals surface area (Å²) >= 11 is 0. The Bertz CT molecular complexity index is 230. The van der Waals surface area contributed by atoms with Crippen molar-refractivity contribution in [2.45, 2.75) is 19.8 Å². The van der Waals surface area contributed by atoms with E-state index in [9.17, 15) is 0 Å². The average Bonchev–Trinajstić information content (AvgIpc) is 2.18. The zero-order valence-electron chi connectivity index (χ0n) is 9.00. The molecule has 0 amide bonds. The number of nitrogens with zero attached hydrogens (tertiary/aromatic N) is 1. The molecule has 0 spiro atoms. The fourth-order valence-corrected chi connectivity index (χ4v) is 1.46. The first-order valence-corrected chi connectivity index (χ1v) is 5.21. The van der Waals surface area contributed by atoms with Gasteiger partial charge in [0.15, 0.2) is 0 Å². The Morgan fingerprint density at radius 1 is 1.57 bits per heavy atom. The summed E-state index contributed by atoms with van der Waals surface area (Å²) in [4.78, 5) is 2.11. The predicted octanol–water partition coefficient (Wildman–Crippen LogP) is 2.48. The number of allylic oxidation sites excluding steroid dienone is 1. The van der Waals surface area contributed by atoms with E-state index < -0.39 is 0 Å². The maximum Gasteiger partial charge on any atom is 0.0281 e. The second-order valence-electron chi connectivity index (χ2n) is 3.87. The molecular weight excluding hydrogens is 172 g/mol. The van der Waals surface area contributed by atoms with Gasteiger partial charge in [0.1, 0.15) is 0 Å². The Labute approximate surface area is 87.0 Å². The Kier molecular flexibility index (Phi) is 4.30. The molecular formula is C12H20N2. The molecule has 0 saturated carbocycles. The lowest BCUT2D eigenvalue weighted by Gasteiger charge is -2.20. The van der Waals surface area contributed by atoms with Gasteiger partial charge in [-0.25, -0.2) is 0 Å². The van der Waals surface area contributed by atoms with Crippen LogP contribution in [0.15, 0.2) is 37.3 Å². The Balaban J connectivity index is 2.59. The summed E-state index contributed by atoms with van der Waals surface area (Å²) in [5, 5.41) is 3.29. The standard InChI is InChI=1S/C12H20N2/c1-4-14-9-6-11(2)5-8-13-12(3)7-10-14/h4,7,10-11,13H,1,3,5-6,8-9H2,2H3/b10-7-. The summed E-state index contributed by atoms with van der Waals surface area (Å²) in [6.07, 6.45) is 8.30. The van der Waals surface area contributed by atoms with Crippen LogP contribution in [-0.4, -0.2) is 18.0 Å². The van der Waals surface area contributed by atoms with Gasteiger partial charge in [-0.05, 0) is 31.0 Å². The molecule has 1 heterocycles. The molecule has 0 aromatic rings. The minimum absolute atomic E-state index is 0.754. The highest BCUT2D eigenvalue weighted by Gasteiger charge is 2.05. The molecule has 1 aliphatic heterocycles. The molecule has 0 aromatic carbocycles. The Hall–Kier alpha value is -1.18. The molecule has 0 bridgehead atoms. The van der Waals surface area contributed by atoms with Crippen LogP contribution >= 0.6 is 0 Å². The van der Waals surface area contributed by atoms with Gasteiger partial charge >= 0.3 is 0 Å². The van der Waals surface area contributed by atoms with Gasteiger partial charge in [0.05, 0.1) is 0 Å². The molecule has 0 radical (unpaired) electrons. The molecule has 0 aromatic heterocycles. The molecule has 2 heteroatoms. The van der Waals surface area contributed by atoms with Gasteiger partial charge in [0, 0.05) is 25.0 Å². The molecule has 1 N–H and O–H groups in total. The highest BCUT2D eigenvalue weighted by atomic mass is 15.1. The van der Waals surface area contributed by atoms with E-state index in [1.165, 1.54) is 12.8 Å². The molecule has 0 saturated heterocycles. The minimum atomic E-state index is 0.754. The van der Waals surface area contributed by atoms with Crippen molar-refractivity contribution >= 4 is 0 Å². The number of hydrogen-bond acceptors (Lipinski definition) is 2. The first-order chi connectivity index (χ1) is 6.72. The van der Waals surface area contributed by atoms with Gasteiger partial charge in [-0.2, -0.15) is 0 Å². The van der Waals surface area contributed by atoms with Crippen molar-refractivity contribution in [3.05, 3.63) is 37.3 Å². The third kappa shape index (κ3) is 3.69. The lowest BCUT2D eigenvalue weighted by molar-refractivity contribution is 0.399. The lowest BCUT2D eigenvalue weighted by Crippen LogP contribution is -2.21. The van der Waals surface area contributed by atoms with Crippen LogP contribution in [0.5, 0.6) is 0 Å². The van der Waals surface area contributed by atoms with E-state index in [-0.39, 0.29) is 0 Å². The van der Waals surface area contributed by atoms with Gasteiger partial charge in [-0.1, -0.05) is 20.1 Å². The van der Waals surface area contributed by atoms with Crippen molar-refractivity contribution in [1.82, 2.24) is 10.2 Å². The maximum absolute atomic E-state index is 3.92. The van der Waals surface area contributed by atoms with E-state index in [4.69, 9.17) is 0 Å². The summed E-state index contributed by atoms with van der Waals surface area (Å²) in [5.74, 6) is 0.754. The smallest absolute Gasteiger partial charge is 0.0281 e. The largest absolute Gasteiger partial charge is 0.385 e. The van der Waals surface area contributed by atoms with Crippen molar-refractivity contribution in [2.75, 3.05) is 13.1 Å². The van der Waals surface area contributed by atoms with Crippen LogP contribution in [0.25, 0.3) is 0 Å². The van der Waals surface area contributed by atoms with Crippen LogP contribution in [0.3, 0.4) is 0 Å². The monoisotopic (exact) mass is 192 g/mol. The molecule has 1 atom stereocenters. The van der Waals surface area contributed by atoms with Crippen LogP contribution in [0.1, 0.15) is 19.8 Å². The first kappa shape index (κ1) is 10.9. The van der Waals surface area contributed by atoms with Crippen LogP contribution in [0.4, 0.5) is 0 Å². The quantitative estimate of drug-likeness (QED) is 0.686. The van der Waals surface area contributed by atoms with E-state index in [0.29, 0.717) is 0 Å². The van der Waals surface area contributed by atoms with Crippen molar-refractivity contribution in [1.29, 1.82) is 0 Å². The third-order valence-electron chi connectivity index (χ3n) is 2.57. The van der Waals surface area contributed by atoms with Gasteiger partial charge in [-0.3, -0.25) is 0 Å². The van der Waals surface area contributed by atoms with Gasteiger partial charge in [0.2, 0.25) is 0 Å². The molecule has 0 aliphatic carbocycles. The summed E-state index contributed by atoms with van der Waals surface area (Å²) in [5.41, 5.74) is 0.978. The molecule has 2 nitrogen and oxygen atoms in total. The molecule has 0 fully saturated rings. The van der Waals surface area contributed by atoms with Crippen LogP contribution in [-0.2, 0) is 0 Å². The first-order valence-electron chi connectivity index (χ1n) is 5.21. The lowest BCUT2D eigenvalue weighted by atomic mass is 10.0. The van der Waals surface area contributed by atoms with Gasteiger partial charge < -0.3 is 10.2 Å². The second kappa shape index (κ2) is 5.53. The van der Waals surface area contributed by atoms with Crippen molar-refractivity contribution < 1.29 is 0 Å². The SMILES string of the molecule is C=CN1/C=C\C(=C)NCCC(C)CC1. The van der Waals surface area contributed by atoms with E-state index >= 15 is 0 Å². The van der Waals surface area contributed by atoms with E-state index in [0.717, 1.165) is 24.7 Å². The summed E-state index contributed by atoms with van der Waals surface area (Å²) < 4.78 is 0. The zero-order valence-corrected chi connectivity index (χ0v) is 9.00. The van der Waals surface area contributed by atoms with Gasteiger partial charge in [-0.15, -0.1) is 0 Å². The molecule has 1 aliphatic rings. The highest BCUT2D eigenvalue weighted by Crippen LogP contribution is 2.10. The average molecular weight is 192 g/mol. The Morgan fingerprint density at radius 2 is 2.36 bits per heavy atom. The molecule has 1 rings (SSSR count).